The van der Waals surface area contributed by atoms with E-state index in [-0.39, 0.29) is 5.91 Å². The zero-order valence-electron chi connectivity index (χ0n) is 16.0. The molecule has 3 aromatic rings. The van der Waals surface area contributed by atoms with Crippen LogP contribution >= 0.6 is 11.5 Å². The largest absolute Gasteiger partial charge is 0.353 e. The minimum Gasteiger partial charge on any atom is -0.353 e. The normalized spacial score (nSPS) is 18.1. The number of piperazine rings is 1. The number of nitrogens with zero attached hydrogens (tertiary/aromatic N) is 6. The van der Waals surface area contributed by atoms with E-state index in [1.165, 1.54) is 10.1 Å². The van der Waals surface area contributed by atoms with Gasteiger partial charge < -0.3 is 9.80 Å². The molecule has 2 aliphatic rings. The van der Waals surface area contributed by atoms with Crippen LogP contribution in [0.5, 0.6) is 0 Å². The number of benzene rings is 1. The lowest BCUT2D eigenvalue weighted by Crippen LogP contribution is -2.50. The molecule has 1 aromatic carbocycles. The molecule has 0 spiro atoms. The third-order valence-electron chi connectivity index (χ3n) is 5.87. The number of fused-ring (bicyclic) bond motifs is 2. The summed E-state index contributed by atoms with van der Waals surface area (Å²) in [5.74, 6) is 1.24. The molecule has 1 amide bonds. The number of carbonyl (C=O) groups excluding carboxylic acids is 1. The number of rotatable bonds is 4. The second-order valence-electron chi connectivity index (χ2n) is 7.52. The molecule has 4 heterocycles. The van der Waals surface area contributed by atoms with Crippen LogP contribution in [0.4, 0.5) is 5.82 Å². The van der Waals surface area contributed by atoms with Gasteiger partial charge in [0.1, 0.15) is 11.5 Å². The molecule has 0 radical (unpaired) electrons. The van der Waals surface area contributed by atoms with E-state index in [0.717, 1.165) is 69.3 Å². The first-order valence-electron chi connectivity index (χ1n) is 9.82. The maximum atomic E-state index is 12.7. The van der Waals surface area contributed by atoms with Gasteiger partial charge in [0, 0.05) is 63.8 Å². The first kappa shape index (κ1) is 17.6. The Morgan fingerprint density at radius 3 is 2.75 bits per heavy atom. The van der Waals surface area contributed by atoms with Crippen LogP contribution in [0.15, 0.2) is 30.5 Å². The van der Waals surface area contributed by atoms with Gasteiger partial charge in [-0.05, 0) is 30.1 Å². The molecule has 1 saturated heterocycles. The molecule has 0 saturated carbocycles. The fraction of sp³-hybridized carbons (Fsp3) is 0.450. The van der Waals surface area contributed by atoms with Crippen molar-refractivity contribution < 1.29 is 4.79 Å². The van der Waals surface area contributed by atoms with Crippen LogP contribution in [-0.2, 0) is 13.5 Å². The Kier molecular flexibility index (Phi) is 4.52. The van der Waals surface area contributed by atoms with E-state index >= 15 is 0 Å². The summed E-state index contributed by atoms with van der Waals surface area (Å²) < 4.78 is 7.64. The molecule has 0 N–H and O–H groups in total. The summed E-state index contributed by atoms with van der Waals surface area (Å²) in [6.07, 6.45) is 2.73. The van der Waals surface area contributed by atoms with Gasteiger partial charge in [-0.1, -0.05) is 12.1 Å². The molecular formula is C20H24N6OS. The highest BCUT2D eigenvalue weighted by molar-refractivity contribution is 7.13. The smallest absolute Gasteiger partial charge is 0.272 e. The third-order valence-corrected chi connectivity index (χ3v) is 6.69. The minimum atomic E-state index is 0.119. The van der Waals surface area contributed by atoms with Crippen LogP contribution in [-0.4, -0.2) is 75.7 Å². The summed E-state index contributed by atoms with van der Waals surface area (Å²) in [5.41, 5.74) is 1.83. The quantitative estimate of drug-likeness (QED) is 0.674. The Labute approximate surface area is 168 Å². The Bertz CT molecular complexity index is 1000. The minimum absolute atomic E-state index is 0.119. The molecule has 0 aliphatic carbocycles. The summed E-state index contributed by atoms with van der Waals surface area (Å²) in [6.45, 7) is 6.47. The van der Waals surface area contributed by atoms with E-state index in [9.17, 15) is 4.79 Å². The molecule has 8 heteroatoms. The van der Waals surface area contributed by atoms with Gasteiger partial charge in [-0.2, -0.15) is 9.47 Å². The Morgan fingerprint density at radius 2 is 1.89 bits per heavy atom. The number of aryl methyl sites for hydroxylation is 1. The van der Waals surface area contributed by atoms with Crippen molar-refractivity contribution in [3.63, 3.8) is 0 Å². The molecule has 2 aliphatic heterocycles. The Hall–Kier alpha value is -2.45. The monoisotopic (exact) mass is 396 g/mol. The van der Waals surface area contributed by atoms with Crippen molar-refractivity contribution in [2.75, 3.05) is 50.7 Å². The maximum absolute atomic E-state index is 12.7. The number of hydrogen-bond donors (Lipinski definition) is 0. The first-order chi connectivity index (χ1) is 13.7. The highest BCUT2D eigenvalue weighted by Gasteiger charge is 2.28. The topological polar surface area (TPSA) is 57.5 Å². The van der Waals surface area contributed by atoms with Gasteiger partial charge in [0.05, 0.1) is 10.9 Å². The van der Waals surface area contributed by atoms with Crippen molar-refractivity contribution in [1.82, 2.24) is 24.0 Å². The van der Waals surface area contributed by atoms with Crippen LogP contribution in [0.1, 0.15) is 16.1 Å². The molecule has 28 heavy (non-hydrogen) atoms. The molecule has 0 bridgehead atoms. The second kappa shape index (κ2) is 7.18. The van der Waals surface area contributed by atoms with E-state index in [1.54, 1.807) is 16.2 Å². The Morgan fingerprint density at radius 1 is 1.07 bits per heavy atom. The van der Waals surface area contributed by atoms with E-state index in [2.05, 4.69) is 43.5 Å². The van der Waals surface area contributed by atoms with Crippen LogP contribution in [0.25, 0.3) is 10.1 Å². The molecule has 7 nitrogen and oxygen atoms in total. The van der Waals surface area contributed by atoms with E-state index in [4.69, 9.17) is 0 Å². The van der Waals surface area contributed by atoms with E-state index < -0.39 is 0 Å². The number of hydrogen-bond acceptors (Lipinski definition) is 6. The molecule has 2 aromatic heterocycles. The average Bonchev–Trinajstić information content (AvgIpc) is 3.32. The highest BCUT2D eigenvalue weighted by Crippen LogP contribution is 2.29. The van der Waals surface area contributed by atoms with Gasteiger partial charge in [-0.3, -0.25) is 14.4 Å². The van der Waals surface area contributed by atoms with Crippen molar-refractivity contribution in [3.05, 3.63) is 41.7 Å². The van der Waals surface area contributed by atoms with Gasteiger partial charge in [-0.25, -0.2) is 0 Å². The Balaban J connectivity index is 1.17. The molecule has 1 fully saturated rings. The zero-order chi connectivity index (χ0) is 19.1. The zero-order valence-corrected chi connectivity index (χ0v) is 16.9. The van der Waals surface area contributed by atoms with Gasteiger partial charge in [0.25, 0.3) is 5.91 Å². The summed E-state index contributed by atoms with van der Waals surface area (Å²) in [7, 11) is 1.85. The van der Waals surface area contributed by atoms with Crippen LogP contribution in [0.3, 0.4) is 0 Å². The summed E-state index contributed by atoms with van der Waals surface area (Å²) >= 11 is 1.58. The summed E-state index contributed by atoms with van der Waals surface area (Å²) in [4.78, 5) is 19.6. The lowest BCUT2D eigenvalue weighted by molar-refractivity contribution is 0.0705. The van der Waals surface area contributed by atoms with Crippen molar-refractivity contribution in [2.24, 2.45) is 7.05 Å². The molecular weight excluding hydrogens is 372 g/mol. The fourth-order valence-corrected chi connectivity index (χ4v) is 5.00. The second-order valence-corrected chi connectivity index (χ2v) is 8.32. The van der Waals surface area contributed by atoms with Gasteiger partial charge in [0.15, 0.2) is 0 Å². The van der Waals surface area contributed by atoms with Crippen molar-refractivity contribution in [3.8, 4) is 0 Å². The van der Waals surface area contributed by atoms with Crippen molar-refractivity contribution >= 4 is 33.3 Å². The average molecular weight is 397 g/mol. The van der Waals surface area contributed by atoms with Crippen LogP contribution in [0.2, 0.25) is 0 Å². The summed E-state index contributed by atoms with van der Waals surface area (Å²) in [6, 6.07) is 8.45. The fourth-order valence-electron chi connectivity index (χ4n) is 4.21. The SMILES string of the molecule is Cn1ncc2c1C(=O)N(CCN1CCN(c3nsc4ccccc34)CC1)CC2. The molecule has 146 valence electrons. The number of aromatic nitrogens is 3. The molecule has 0 atom stereocenters. The predicted molar refractivity (Wildman–Crippen MR) is 111 cm³/mol. The van der Waals surface area contributed by atoms with Gasteiger partial charge in [0.2, 0.25) is 0 Å². The van der Waals surface area contributed by atoms with Crippen molar-refractivity contribution in [2.45, 2.75) is 6.42 Å². The third kappa shape index (κ3) is 3.06. The molecule has 0 unspecified atom stereocenters. The van der Waals surface area contributed by atoms with Gasteiger partial charge in [-0.15, -0.1) is 0 Å². The first-order valence-corrected chi connectivity index (χ1v) is 10.6. The molecule has 5 rings (SSSR count). The standard InChI is InChI=1S/C20H24N6OS/c1-23-18-15(14-21-23)6-7-26(20(18)27)13-10-24-8-11-25(12-9-24)19-16-4-2-3-5-17(16)28-22-19/h2-5,14H,6-13H2,1H3. The van der Waals surface area contributed by atoms with E-state index in [0.29, 0.717) is 0 Å². The lowest BCUT2D eigenvalue weighted by Gasteiger charge is -2.36. The maximum Gasteiger partial charge on any atom is 0.272 e. The summed E-state index contributed by atoms with van der Waals surface area (Å²) in [5, 5.41) is 5.49. The van der Waals surface area contributed by atoms with Crippen LogP contribution in [0, 0.1) is 0 Å². The van der Waals surface area contributed by atoms with E-state index in [1.807, 2.05) is 18.1 Å². The lowest BCUT2D eigenvalue weighted by atomic mass is 10.1. The predicted octanol–water partition coefficient (Wildman–Crippen LogP) is 1.85. The van der Waals surface area contributed by atoms with Crippen LogP contribution < -0.4 is 4.90 Å². The number of anilines is 1. The van der Waals surface area contributed by atoms with Gasteiger partial charge >= 0.3 is 0 Å². The number of amides is 1. The highest BCUT2D eigenvalue weighted by atomic mass is 32.1. The number of carbonyl (C=O) groups is 1. The van der Waals surface area contributed by atoms with Crippen molar-refractivity contribution in [1.29, 1.82) is 0 Å².